The number of benzene rings is 1. The number of hydrogen-bond donors (Lipinski definition) is 2. The van der Waals surface area contributed by atoms with E-state index in [0.29, 0.717) is 12.1 Å². The van der Waals surface area contributed by atoms with Crippen LogP contribution in [0.3, 0.4) is 0 Å². The van der Waals surface area contributed by atoms with E-state index < -0.39 is 19.9 Å². The Balaban J connectivity index is 2.65. The molecule has 0 heterocycles. The zero-order chi connectivity index (χ0) is 14.5. The Morgan fingerprint density at radius 2 is 1.63 bits per heavy atom. The van der Waals surface area contributed by atoms with Crippen molar-refractivity contribution < 1.29 is 16.8 Å². The lowest BCUT2D eigenvalue weighted by molar-refractivity contribution is 0.578. The van der Waals surface area contributed by atoms with Gasteiger partial charge in [0.25, 0.3) is 0 Å². The second-order valence-corrected chi connectivity index (χ2v) is 8.10. The van der Waals surface area contributed by atoms with Crippen LogP contribution in [0.4, 0.5) is 0 Å². The van der Waals surface area contributed by atoms with E-state index >= 15 is 0 Å². The number of nitrogens with one attached hydrogen (secondary N) is 2. The molecule has 0 unspecified atom stereocenters. The van der Waals surface area contributed by atoms with Gasteiger partial charge in [0.15, 0.2) is 9.84 Å². The number of sulfonamides is 1. The van der Waals surface area contributed by atoms with Crippen molar-refractivity contribution in [1.29, 1.82) is 0 Å². The summed E-state index contributed by atoms with van der Waals surface area (Å²) in [7, 11) is -4.85. The minimum absolute atomic E-state index is 0.00488. The van der Waals surface area contributed by atoms with Crippen LogP contribution in [0.15, 0.2) is 29.2 Å². The van der Waals surface area contributed by atoms with Crippen LogP contribution in [-0.4, -0.2) is 42.4 Å². The lowest BCUT2D eigenvalue weighted by atomic mass is 10.2. The van der Waals surface area contributed by atoms with Crippen LogP contribution >= 0.6 is 0 Å². The van der Waals surface area contributed by atoms with Gasteiger partial charge in [-0.2, -0.15) is 0 Å². The third-order valence-electron chi connectivity index (χ3n) is 2.47. The predicted molar refractivity (Wildman–Crippen MR) is 74.1 cm³/mol. The van der Waals surface area contributed by atoms with Crippen molar-refractivity contribution >= 4 is 19.9 Å². The molecule has 6 nitrogen and oxygen atoms in total. The molecule has 0 aliphatic heterocycles. The zero-order valence-electron chi connectivity index (χ0n) is 10.9. The van der Waals surface area contributed by atoms with Crippen molar-refractivity contribution in [2.75, 3.05) is 25.6 Å². The van der Waals surface area contributed by atoms with Crippen LogP contribution in [0.2, 0.25) is 0 Å². The predicted octanol–water partition coefficient (Wildman–Crippen LogP) is -0.271. The maximum atomic E-state index is 11.5. The van der Waals surface area contributed by atoms with E-state index in [1.54, 1.807) is 19.2 Å². The van der Waals surface area contributed by atoms with Crippen molar-refractivity contribution in [1.82, 2.24) is 10.0 Å². The Labute approximate surface area is 114 Å². The minimum Gasteiger partial charge on any atom is -0.319 e. The van der Waals surface area contributed by atoms with Gasteiger partial charge in [-0.15, -0.1) is 0 Å². The summed E-state index contributed by atoms with van der Waals surface area (Å²) in [5.41, 5.74) is 0.709. The third-order valence-corrected chi connectivity index (χ3v) is 4.92. The molecule has 1 aromatic carbocycles. The molecule has 0 fully saturated rings. The van der Waals surface area contributed by atoms with Gasteiger partial charge < -0.3 is 5.32 Å². The molecular formula is C11H18N2O4S2. The van der Waals surface area contributed by atoms with Gasteiger partial charge in [0, 0.05) is 19.3 Å². The van der Waals surface area contributed by atoms with Crippen molar-refractivity contribution in [3.05, 3.63) is 29.8 Å². The molecule has 0 amide bonds. The second-order valence-electron chi connectivity index (χ2n) is 4.16. The summed E-state index contributed by atoms with van der Waals surface area (Å²) >= 11 is 0. The molecule has 108 valence electrons. The Morgan fingerprint density at radius 1 is 1.05 bits per heavy atom. The van der Waals surface area contributed by atoms with E-state index in [-0.39, 0.29) is 17.2 Å². The highest BCUT2D eigenvalue weighted by atomic mass is 32.2. The highest BCUT2D eigenvalue weighted by molar-refractivity contribution is 7.90. The smallest absolute Gasteiger partial charge is 0.213 e. The maximum Gasteiger partial charge on any atom is 0.213 e. The highest BCUT2D eigenvalue weighted by Gasteiger charge is 2.10. The summed E-state index contributed by atoms with van der Waals surface area (Å²) in [5.74, 6) is 0.00488. The van der Waals surface area contributed by atoms with Gasteiger partial charge >= 0.3 is 0 Å². The quantitative estimate of drug-likeness (QED) is 0.723. The van der Waals surface area contributed by atoms with Gasteiger partial charge in [-0.1, -0.05) is 12.1 Å². The second kappa shape index (κ2) is 6.47. The van der Waals surface area contributed by atoms with Crippen molar-refractivity contribution in [2.45, 2.75) is 11.4 Å². The van der Waals surface area contributed by atoms with Crippen molar-refractivity contribution in [2.24, 2.45) is 0 Å². The molecular weight excluding hydrogens is 288 g/mol. The molecule has 0 radical (unpaired) electrons. The fourth-order valence-corrected chi connectivity index (χ4v) is 2.99. The lowest BCUT2D eigenvalue weighted by Crippen LogP contribution is -2.30. The Hall–Kier alpha value is -0.960. The normalized spacial score (nSPS) is 12.5. The molecule has 8 heteroatoms. The van der Waals surface area contributed by atoms with Crippen molar-refractivity contribution in [3.8, 4) is 0 Å². The molecule has 0 aliphatic rings. The maximum absolute atomic E-state index is 11.5. The standard InChI is InChI=1S/C11H18N2O4S2/c1-12-7-8-19(16,17)13-9-10-3-5-11(6-4-10)18(2,14)15/h3-6,12-13H,7-9H2,1-2H3. The molecule has 0 aliphatic carbocycles. The first-order valence-corrected chi connectivity index (χ1v) is 9.20. The topological polar surface area (TPSA) is 92.3 Å². The summed E-state index contributed by atoms with van der Waals surface area (Å²) in [4.78, 5) is 0.217. The molecule has 2 N–H and O–H groups in total. The minimum atomic E-state index is -3.31. The molecule has 0 atom stereocenters. The van der Waals surface area contributed by atoms with Gasteiger partial charge in [0.05, 0.1) is 10.6 Å². The molecule has 1 rings (SSSR count). The lowest BCUT2D eigenvalue weighted by Gasteiger charge is -2.07. The molecule has 0 spiro atoms. The van der Waals surface area contributed by atoms with Gasteiger partial charge in [-0.3, -0.25) is 0 Å². The fraction of sp³-hybridized carbons (Fsp3) is 0.455. The first-order chi connectivity index (χ1) is 8.74. The average molecular weight is 306 g/mol. The van der Waals surface area contributed by atoms with Crippen LogP contribution in [-0.2, 0) is 26.4 Å². The SMILES string of the molecule is CNCCS(=O)(=O)NCc1ccc(S(C)(=O)=O)cc1. The van der Waals surface area contributed by atoms with Gasteiger partial charge in [0.1, 0.15) is 0 Å². The Morgan fingerprint density at radius 3 is 2.11 bits per heavy atom. The summed E-state index contributed by atoms with van der Waals surface area (Å²) in [6, 6.07) is 6.12. The number of sulfone groups is 1. The Bertz CT molecular complexity index is 607. The summed E-state index contributed by atoms with van der Waals surface area (Å²) in [5, 5.41) is 2.76. The van der Waals surface area contributed by atoms with Gasteiger partial charge in [0.2, 0.25) is 10.0 Å². The first kappa shape index (κ1) is 16.1. The van der Waals surface area contributed by atoms with E-state index in [9.17, 15) is 16.8 Å². The van der Waals surface area contributed by atoms with Crippen LogP contribution in [0.25, 0.3) is 0 Å². The van der Waals surface area contributed by atoms with E-state index in [4.69, 9.17) is 0 Å². The average Bonchev–Trinajstić information content (AvgIpc) is 2.34. The van der Waals surface area contributed by atoms with Gasteiger partial charge in [-0.25, -0.2) is 21.6 Å². The molecule has 0 saturated carbocycles. The van der Waals surface area contributed by atoms with E-state index in [2.05, 4.69) is 10.0 Å². The summed E-state index contributed by atoms with van der Waals surface area (Å²) in [6.07, 6.45) is 1.13. The van der Waals surface area contributed by atoms with Crippen LogP contribution in [0.5, 0.6) is 0 Å². The van der Waals surface area contributed by atoms with Crippen LogP contribution in [0.1, 0.15) is 5.56 Å². The summed E-state index contributed by atoms with van der Waals surface area (Å²) < 4.78 is 48.1. The third kappa shape index (κ3) is 5.68. The highest BCUT2D eigenvalue weighted by Crippen LogP contribution is 2.10. The van der Waals surface area contributed by atoms with Crippen LogP contribution in [0, 0.1) is 0 Å². The van der Waals surface area contributed by atoms with E-state index in [1.807, 2.05) is 0 Å². The van der Waals surface area contributed by atoms with E-state index in [0.717, 1.165) is 6.26 Å². The Kier molecular flexibility index (Phi) is 5.48. The number of hydrogen-bond acceptors (Lipinski definition) is 5. The summed E-state index contributed by atoms with van der Waals surface area (Å²) in [6.45, 7) is 0.526. The largest absolute Gasteiger partial charge is 0.319 e. The molecule has 19 heavy (non-hydrogen) atoms. The monoisotopic (exact) mass is 306 g/mol. The molecule has 0 saturated heterocycles. The van der Waals surface area contributed by atoms with Crippen LogP contribution < -0.4 is 10.0 Å². The van der Waals surface area contributed by atoms with Gasteiger partial charge in [-0.05, 0) is 24.7 Å². The van der Waals surface area contributed by atoms with E-state index in [1.165, 1.54) is 12.1 Å². The molecule has 1 aromatic rings. The zero-order valence-corrected chi connectivity index (χ0v) is 12.5. The first-order valence-electron chi connectivity index (χ1n) is 5.65. The number of rotatable bonds is 7. The fourth-order valence-electron chi connectivity index (χ4n) is 1.36. The van der Waals surface area contributed by atoms with Crippen molar-refractivity contribution in [3.63, 3.8) is 0 Å². The molecule has 0 aromatic heterocycles. The molecule has 0 bridgehead atoms.